The number of carbonyl (C=O) groups is 2. The molecule has 0 aliphatic rings. The van der Waals surface area contributed by atoms with Gasteiger partial charge < -0.3 is 19.5 Å². The van der Waals surface area contributed by atoms with Crippen molar-refractivity contribution in [2.45, 2.75) is 304 Å². The number of hydrogen-bond donors (Lipinski definition) is 1. The van der Waals surface area contributed by atoms with Crippen molar-refractivity contribution in [3.63, 3.8) is 0 Å². The van der Waals surface area contributed by atoms with Gasteiger partial charge in [0.15, 0.2) is 0 Å². The van der Waals surface area contributed by atoms with Crippen molar-refractivity contribution < 1.29 is 24.2 Å². The van der Waals surface area contributed by atoms with Crippen LogP contribution >= 0.6 is 0 Å². The second-order valence-corrected chi connectivity index (χ2v) is 19.8. The first-order valence-corrected chi connectivity index (χ1v) is 28.7. The molecule has 0 saturated carbocycles. The van der Waals surface area contributed by atoms with Gasteiger partial charge in [-0.1, -0.05) is 240 Å². The Kier molecular flexibility index (Phi) is 50.9. The number of nitrogens with zero attached hydrogens (tertiary/aromatic N) is 1. The number of aliphatic hydroxyl groups is 1. The largest absolute Gasteiger partial charge is 0.465 e. The second kappa shape index (κ2) is 51.8. The van der Waals surface area contributed by atoms with Crippen LogP contribution < -0.4 is 0 Å². The highest BCUT2D eigenvalue weighted by molar-refractivity contribution is 5.72. The third-order valence-corrected chi connectivity index (χ3v) is 13.6. The number of esters is 2. The Morgan fingerprint density at radius 2 is 0.571 bits per heavy atom. The highest BCUT2D eigenvalue weighted by Crippen LogP contribution is 2.22. The van der Waals surface area contributed by atoms with Crippen LogP contribution in [-0.2, 0) is 19.1 Å². The minimum Gasteiger partial charge on any atom is -0.465 e. The van der Waals surface area contributed by atoms with Crippen LogP contribution in [-0.4, -0.2) is 61.4 Å². The van der Waals surface area contributed by atoms with Crippen LogP contribution in [0.1, 0.15) is 304 Å². The van der Waals surface area contributed by atoms with Crippen LogP contribution in [0.3, 0.4) is 0 Å². The number of rotatable bonds is 53. The average molecular weight is 893 g/mol. The fourth-order valence-corrected chi connectivity index (χ4v) is 9.27. The van der Waals surface area contributed by atoms with Gasteiger partial charge in [-0.25, -0.2) is 0 Å². The summed E-state index contributed by atoms with van der Waals surface area (Å²) < 4.78 is 11.6. The van der Waals surface area contributed by atoms with E-state index >= 15 is 0 Å². The molecular weight excluding hydrogens is 779 g/mol. The summed E-state index contributed by atoms with van der Waals surface area (Å²) in [5.74, 6) is 0.398. The third kappa shape index (κ3) is 44.5. The number of ether oxygens (including phenoxy) is 2. The molecule has 0 bridgehead atoms. The Morgan fingerprint density at radius 1 is 0.333 bits per heavy atom. The van der Waals surface area contributed by atoms with E-state index in [9.17, 15) is 14.7 Å². The highest BCUT2D eigenvalue weighted by atomic mass is 16.5. The van der Waals surface area contributed by atoms with Gasteiger partial charge in [-0.15, -0.1) is 0 Å². The Bertz CT molecular complexity index is 913. The zero-order valence-corrected chi connectivity index (χ0v) is 43.3. The number of carbonyl (C=O) groups excluding carboxylic acids is 2. The molecule has 2 atom stereocenters. The molecule has 0 radical (unpaired) electrons. The van der Waals surface area contributed by atoms with E-state index in [1.807, 2.05) is 0 Å². The summed E-state index contributed by atoms with van der Waals surface area (Å²) in [6.07, 6.45) is 52.8. The van der Waals surface area contributed by atoms with E-state index in [4.69, 9.17) is 9.47 Å². The summed E-state index contributed by atoms with van der Waals surface area (Å²) in [5, 5.41) is 9.33. The average Bonchev–Trinajstić information content (AvgIpc) is 3.29. The van der Waals surface area contributed by atoms with Crippen molar-refractivity contribution in [3.05, 3.63) is 0 Å². The molecule has 0 aromatic rings. The summed E-state index contributed by atoms with van der Waals surface area (Å²) in [5.41, 5.74) is 0. The molecule has 2 unspecified atom stereocenters. The maximum Gasteiger partial charge on any atom is 0.308 e. The molecule has 0 aromatic carbocycles. The maximum atomic E-state index is 12.9. The van der Waals surface area contributed by atoms with Gasteiger partial charge >= 0.3 is 11.9 Å². The van der Waals surface area contributed by atoms with Crippen molar-refractivity contribution in [1.29, 1.82) is 0 Å². The molecule has 63 heavy (non-hydrogen) atoms. The van der Waals surface area contributed by atoms with E-state index in [-0.39, 0.29) is 23.8 Å². The molecule has 0 amide bonds. The van der Waals surface area contributed by atoms with Crippen LogP contribution in [0.25, 0.3) is 0 Å². The molecule has 6 nitrogen and oxygen atoms in total. The fourth-order valence-electron chi connectivity index (χ4n) is 9.27. The van der Waals surface area contributed by atoms with Crippen molar-refractivity contribution in [2.24, 2.45) is 11.8 Å². The Labute approximate surface area is 394 Å². The van der Waals surface area contributed by atoms with Crippen molar-refractivity contribution >= 4 is 11.9 Å². The predicted octanol–water partition coefficient (Wildman–Crippen LogP) is 17.5. The van der Waals surface area contributed by atoms with Crippen molar-refractivity contribution in [2.75, 3.05) is 39.5 Å². The van der Waals surface area contributed by atoms with Crippen LogP contribution in [0.5, 0.6) is 0 Å². The molecule has 0 fully saturated rings. The first-order chi connectivity index (χ1) is 31.0. The highest BCUT2D eigenvalue weighted by Gasteiger charge is 2.20. The molecule has 0 heterocycles. The van der Waals surface area contributed by atoms with Crippen LogP contribution in [0.4, 0.5) is 0 Å². The third-order valence-electron chi connectivity index (χ3n) is 13.6. The van der Waals surface area contributed by atoms with Crippen molar-refractivity contribution in [1.82, 2.24) is 4.90 Å². The summed E-state index contributed by atoms with van der Waals surface area (Å²) in [6, 6.07) is 0. The Balaban J connectivity index is 3.93. The second-order valence-electron chi connectivity index (χ2n) is 19.8. The molecule has 6 heteroatoms. The van der Waals surface area contributed by atoms with Gasteiger partial charge in [0.1, 0.15) is 0 Å². The predicted molar refractivity (Wildman–Crippen MR) is 274 cm³/mol. The topological polar surface area (TPSA) is 76.1 Å². The lowest BCUT2D eigenvalue weighted by molar-refractivity contribution is -0.150. The van der Waals surface area contributed by atoms with E-state index in [1.165, 1.54) is 225 Å². The molecule has 1 N–H and O–H groups in total. The van der Waals surface area contributed by atoms with E-state index in [0.29, 0.717) is 19.8 Å². The van der Waals surface area contributed by atoms with E-state index in [0.717, 1.165) is 70.8 Å². The van der Waals surface area contributed by atoms with E-state index in [2.05, 4.69) is 32.6 Å². The quantitative estimate of drug-likeness (QED) is 0.0484. The molecule has 0 rings (SSSR count). The van der Waals surface area contributed by atoms with Gasteiger partial charge in [-0.05, 0) is 83.8 Å². The van der Waals surface area contributed by atoms with Gasteiger partial charge in [-0.2, -0.15) is 0 Å². The number of hydrogen-bond acceptors (Lipinski definition) is 6. The first kappa shape index (κ1) is 61.9. The molecule has 0 aliphatic carbocycles. The van der Waals surface area contributed by atoms with Crippen molar-refractivity contribution in [3.8, 4) is 0 Å². The lowest BCUT2D eigenvalue weighted by atomic mass is 9.94. The Morgan fingerprint density at radius 3 is 0.905 bits per heavy atom. The van der Waals surface area contributed by atoms with E-state index < -0.39 is 0 Å². The minimum atomic E-state index is 0.0725. The van der Waals surface area contributed by atoms with Gasteiger partial charge in [0.2, 0.25) is 0 Å². The molecule has 0 aliphatic heterocycles. The zero-order valence-electron chi connectivity index (χ0n) is 43.3. The summed E-state index contributed by atoms with van der Waals surface area (Å²) in [6.45, 7) is 14.1. The van der Waals surface area contributed by atoms with E-state index in [1.54, 1.807) is 0 Å². The monoisotopic (exact) mass is 892 g/mol. The Hall–Kier alpha value is -1.14. The molecule has 376 valence electrons. The normalized spacial score (nSPS) is 12.6. The standard InChI is InChI=1S/C57H113NO5/c1-5-9-13-16-29-37-47-55(46-36-15-11-7-3)57(61)63-53-43-33-28-24-20-18-22-26-31-39-49-58(50-40-41-51-59)48-38-30-25-21-17-19-23-27-32-42-52-62-56(60)54(44-34-12-8-4)45-35-14-10-6-2/h54-55,59H,5-53H2,1-4H3. The maximum absolute atomic E-state index is 12.9. The van der Waals surface area contributed by atoms with Crippen LogP contribution in [0.15, 0.2) is 0 Å². The summed E-state index contributed by atoms with van der Waals surface area (Å²) in [4.78, 5) is 28.3. The first-order valence-electron chi connectivity index (χ1n) is 28.7. The zero-order chi connectivity index (χ0) is 45.9. The SMILES string of the molecule is CCCCCCCCC(CCCCCC)C(=O)OCCCCCCCCCCCCN(CCCCO)CCCCCCCCCCCCOC(=O)C(CCCCC)CCCCCC. The number of aliphatic hydroxyl groups excluding tert-OH is 1. The smallest absolute Gasteiger partial charge is 0.308 e. The minimum absolute atomic E-state index is 0.0725. The van der Waals surface area contributed by atoms with Gasteiger partial charge in [0.05, 0.1) is 25.0 Å². The molecular formula is C57H113NO5. The number of unbranched alkanes of at least 4 members (excludes halogenated alkanes) is 32. The lowest BCUT2D eigenvalue weighted by Crippen LogP contribution is -2.27. The summed E-state index contributed by atoms with van der Waals surface area (Å²) >= 11 is 0. The van der Waals surface area contributed by atoms with Crippen LogP contribution in [0, 0.1) is 11.8 Å². The molecule has 0 spiro atoms. The van der Waals surface area contributed by atoms with Crippen LogP contribution in [0.2, 0.25) is 0 Å². The van der Waals surface area contributed by atoms with Gasteiger partial charge in [0.25, 0.3) is 0 Å². The molecule has 0 aromatic heterocycles. The summed E-state index contributed by atoms with van der Waals surface area (Å²) in [7, 11) is 0. The van der Waals surface area contributed by atoms with Gasteiger partial charge in [-0.3, -0.25) is 9.59 Å². The van der Waals surface area contributed by atoms with Gasteiger partial charge in [0, 0.05) is 6.61 Å². The molecule has 0 saturated heterocycles. The lowest BCUT2D eigenvalue weighted by Gasteiger charge is -2.22. The fraction of sp³-hybridized carbons (Fsp3) is 0.965.